The van der Waals surface area contributed by atoms with Gasteiger partial charge in [0.2, 0.25) is 0 Å². The zero-order chi connectivity index (χ0) is 17.1. The number of nitrogens with one attached hydrogen (secondary N) is 1. The minimum Gasteiger partial charge on any atom is -0.493 e. The fourth-order valence-electron chi connectivity index (χ4n) is 2.20. The number of nitrogens with zero attached hydrogens (tertiary/aromatic N) is 3. The second-order valence-corrected chi connectivity index (χ2v) is 4.83. The van der Waals surface area contributed by atoms with Crippen LogP contribution in [0.5, 0.6) is 11.5 Å². The Hall–Kier alpha value is -3.42. The monoisotopic (exact) mass is 326 g/mol. The van der Waals surface area contributed by atoms with Crippen molar-refractivity contribution in [3.05, 3.63) is 58.4 Å². The predicted molar refractivity (Wildman–Crippen MR) is 87.0 cm³/mol. The number of hydrogen-bond donors (Lipinski definition) is 1. The van der Waals surface area contributed by atoms with Crippen LogP contribution >= 0.6 is 0 Å². The van der Waals surface area contributed by atoms with Gasteiger partial charge in [-0.1, -0.05) is 12.1 Å². The van der Waals surface area contributed by atoms with Crippen molar-refractivity contribution >= 4 is 16.8 Å². The number of carbonyl (C=O) groups is 1. The molecule has 24 heavy (non-hydrogen) atoms. The van der Waals surface area contributed by atoms with E-state index in [9.17, 15) is 9.59 Å². The zero-order valence-corrected chi connectivity index (χ0v) is 13.0. The van der Waals surface area contributed by atoms with Crippen molar-refractivity contribution in [1.29, 1.82) is 0 Å². The zero-order valence-electron chi connectivity index (χ0n) is 13.0. The van der Waals surface area contributed by atoms with Crippen molar-refractivity contribution in [3.63, 3.8) is 0 Å². The van der Waals surface area contributed by atoms with E-state index in [4.69, 9.17) is 9.47 Å². The van der Waals surface area contributed by atoms with Crippen molar-refractivity contribution in [2.75, 3.05) is 19.6 Å². The van der Waals surface area contributed by atoms with E-state index in [1.807, 2.05) is 0 Å². The summed E-state index contributed by atoms with van der Waals surface area (Å²) in [5.74, 6) is 0.376. The van der Waals surface area contributed by atoms with Gasteiger partial charge < -0.3 is 9.47 Å². The average Bonchev–Trinajstić information content (AvgIpc) is 2.63. The Labute approximate surface area is 136 Å². The first-order valence-corrected chi connectivity index (χ1v) is 7.02. The molecule has 0 unspecified atom stereocenters. The van der Waals surface area contributed by atoms with Gasteiger partial charge in [0.1, 0.15) is 5.52 Å². The van der Waals surface area contributed by atoms with Gasteiger partial charge in [0.15, 0.2) is 11.5 Å². The molecule has 0 aliphatic carbocycles. The Morgan fingerprint density at radius 2 is 1.83 bits per heavy atom. The van der Waals surface area contributed by atoms with Crippen molar-refractivity contribution in [3.8, 4) is 11.5 Å². The summed E-state index contributed by atoms with van der Waals surface area (Å²) >= 11 is 0. The first-order valence-electron chi connectivity index (χ1n) is 7.02. The molecule has 3 rings (SSSR count). The predicted octanol–water partition coefficient (Wildman–Crippen LogP) is 1.19. The number of fused-ring (bicyclic) bond motifs is 1. The molecule has 0 bridgehead atoms. The van der Waals surface area contributed by atoms with E-state index in [0.29, 0.717) is 22.4 Å². The molecule has 0 aliphatic heterocycles. The molecule has 0 fully saturated rings. The summed E-state index contributed by atoms with van der Waals surface area (Å²) in [5.41, 5.74) is 2.68. The van der Waals surface area contributed by atoms with Crippen LogP contribution in [0.3, 0.4) is 0 Å². The molecule has 2 aromatic carbocycles. The molecule has 8 nitrogen and oxygen atoms in total. The van der Waals surface area contributed by atoms with Crippen LogP contribution < -0.4 is 20.5 Å². The summed E-state index contributed by atoms with van der Waals surface area (Å²) in [4.78, 5) is 25.5. The van der Waals surface area contributed by atoms with E-state index in [1.54, 1.807) is 36.4 Å². The molecule has 0 atom stereocenters. The molecule has 0 radical (unpaired) electrons. The van der Waals surface area contributed by atoms with E-state index in [1.165, 1.54) is 20.3 Å². The highest BCUT2D eigenvalue weighted by Crippen LogP contribution is 2.27. The molecule has 1 heterocycles. The molecule has 1 aromatic heterocycles. The minimum absolute atomic E-state index is 0.287. The quantitative estimate of drug-likeness (QED) is 0.774. The van der Waals surface area contributed by atoms with Gasteiger partial charge in [-0.25, -0.2) is 5.43 Å². The van der Waals surface area contributed by atoms with Crippen LogP contribution in [-0.2, 0) is 0 Å². The maximum Gasteiger partial charge on any atom is 0.297 e. The van der Waals surface area contributed by atoms with Gasteiger partial charge in [-0.3, -0.25) is 9.59 Å². The van der Waals surface area contributed by atoms with Crippen LogP contribution in [0.15, 0.2) is 47.3 Å². The SMILES string of the molecule is COc1ccc(C(=O)Nn2nnc3ccccc3c2=O)cc1OC. The van der Waals surface area contributed by atoms with Crippen LogP contribution in [0, 0.1) is 0 Å². The Balaban J connectivity index is 1.93. The highest BCUT2D eigenvalue weighted by Gasteiger charge is 2.13. The summed E-state index contributed by atoms with van der Waals surface area (Å²) in [7, 11) is 2.97. The lowest BCUT2D eigenvalue weighted by molar-refractivity contribution is 0.100. The number of carbonyl (C=O) groups excluding carboxylic acids is 1. The van der Waals surface area contributed by atoms with Crippen LogP contribution in [0.1, 0.15) is 10.4 Å². The van der Waals surface area contributed by atoms with Gasteiger partial charge in [0.25, 0.3) is 11.5 Å². The first-order chi connectivity index (χ1) is 11.6. The maximum atomic E-state index is 12.3. The number of rotatable bonds is 4. The first kappa shape index (κ1) is 15.5. The lowest BCUT2D eigenvalue weighted by atomic mass is 10.2. The van der Waals surface area contributed by atoms with Crippen LogP contribution in [0.2, 0.25) is 0 Å². The van der Waals surface area contributed by atoms with Crippen molar-refractivity contribution in [2.45, 2.75) is 0 Å². The van der Waals surface area contributed by atoms with Gasteiger partial charge in [-0.15, -0.1) is 9.89 Å². The van der Waals surface area contributed by atoms with Crippen LogP contribution in [0.25, 0.3) is 10.9 Å². The number of methoxy groups -OCH3 is 2. The van der Waals surface area contributed by atoms with Gasteiger partial charge in [-0.05, 0) is 35.5 Å². The van der Waals surface area contributed by atoms with Crippen molar-refractivity contribution in [2.24, 2.45) is 0 Å². The van der Waals surface area contributed by atoms with E-state index in [2.05, 4.69) is 15.7 Å². The fourth-order valence-corrected chi connectivity index (χ4v) is 2.20. The Bertz CT molecular complexity index is 968. The second kappa shape index (κ2) is 6.37. The molecule has 8 heteroatoms. The molecule has 1 amide bonds. The normalized spacial score (nSPS) is 10.4. The Kier molecular flexibility index (Phi) is 4.11. The topological polar surface area (TPSA) is 95.3 Å². The van der Waals surface area contributed by atoms with E-state index >= 15 is 0 Å². The average molecular weight is 326 g/mol. The molecule has 3 aromatic rings. The third-order valence-electron chi connectivity index (χ3n) is 3.42. The standard InChI is InChI=1S/C16H14N4O4/c1-23-13-8-7-10(9-14(13)24-2)15(21)18-20-16(22)11-5-3-4-6-12(11)17-19-20/h3-9H,1-2H3,(H,18,21). The number of amides is 1. The molecular weight excluding hydrogens is 312 g/mol. The summed E-state index contributed by atoms with van der Waals surface area (Å²) < 4.78 is 10.3. The van der Waals surface area contributed by atoms with Gasteiger partial charge in [0, 0.05) is 5.56 Å². The van der Waals surface area contributed by atoms with Gasteiger partial charge in [-0.2, -0.15) is 0 Å². The Morgan fingerprint density at radius 3 is 2.58 bits per heavy atom. The maximum absolute atomic E-state index is 12.3. The van der Waals surface area contributed by atoms with Crippen molar-refractivity contribution in [1.82, 2.24) is 15.1 Å². The highest BCUT2D eigenvalue weighted by atomic mass is 16.5. The van der Waals surface area contributed by atoms with E-state index in [0.717, 1.165) is 4.79 Å². The lowest BCUT2D eigenvalue weighted by Gasteiger charge is -2.10. The largest absolute Gasteiger partial charge is 0.493 e. The number of ether oxygens (including phenoxy) is 2. The van der Waals surface area contributed by atoms with Crippen LogP contribution in [0.4, 0.5) is 0 Å². The summed E-state index contributed by atoms with van der Waals surface area (Å²) in [5, 5.41) is 7.98. The number of benzene rings is 2. The third kappa shape index (κ3) is 2.76. The van der Waals surface area contributed by atoms with Crippen LogP contribution in [-0.4, -0.2) is 35.2 Å². The highest BCUT2D eigenvalue weighted by molar-refractivity contribution is 6.00. The number of hydrogen-bond acceptors (Lipinski definition) is 6. The van der Waals surface area contributed by atoms with Gasteiger partial charge in [0.05, 0.1) is 19.6 Å². The van der Waals surface area contributed by atoms with Crippen molar-refractivity contribution < 1.29 is 14.3 Å². The molecule has 0 saturated heterocycles. The third-order valence-corrected chi connectivity index (χ3v) is 3.42. The Morgan fingerprint density at radius 1 is 1.08 bits per heavy atom. The molecular formula is C16H14N4O4. The molecule has 0 aliphatic rings. The van der Waals surface area contributed by atoms with Gasteiger partial charge >= 0.3 is 0 Å². The molecule has 0 spiro atoms. The minimum atomic E-state index is -0.525. The molecule has 1 N–H and O–H groups in total. The molecule has 122 valence electrons. The summed E-state index contributed by atoms with van der Waals surface area (Å²) in [6.45, 7) is 0. The molecule has 0 saturated carbocycles. The van der Waals surface area contributed by atoms with E-state index in [-0.39, 0.29) is 5.56 Å². The fraction of sp³-hybridized carbons (Fsp3) is 0.125. The summed E-state index contributed by atoms with van der Waals surface area (Å²) in [6.07, 6.45) is 0. The van der Waals surface area contributed by atoms with E-state index < -0.39 is 11.5 Å². The second-order valence-electron chi connectivity index (χ2n) is 4.83. The smallest absolute Gasteiger partial charge is 0.297 e. The number of aromatic nitrogens is 3. The lowest BCUT2D eigenvalue weighted by Crippen LogP contribution is -2.35. The summed E-state index contributed by atoms with van der Waals surface area (Å²) in [6, 6.07) is 11.4.